The van der Waals surface area contributed by atoms with Crippen molar-refractivity contribution in [2.45, 2.75) is 52.6 Å². The van der Waals surface area contributed by atoms with Crippen molar-refractivity contribution in [2.24, 2.45) is 0 Å². The molecule has 0 saturated heterocycles. The largest absolute Gasteiger partial charge is 0.379 e. The van der Waals surface area contributed by atoms with E-state index in [-0.39, 0.29) is 5.60 Å². The summed E-state index contributed by atoms with van der Waals surface area (Å²) in [6.45, 7) is 12.8. The van der Waals surface area contributed by atoms with E-state index in [1.165, 1.54) is 6.42 Å². The Hall–Kier alpha value is -0.120. The van der Waals surface area contributed by atoms with E-state index in [0.717, 1.165) is 32.5 Å². The molecule has 0 amide bonds. The van der Waals surface area contributed by atoms with Gasteiger partial charge in [0.25, 0.3) is 0 Å². The van der Waals surface area contributed by atoms with Gasteiger partial charge in [0, 0.05) is 13.2 Å². The van der Waals surface area contributed by atoms with Gasteiger partial charge in [-0.2, -0.15) is 0 Å². The van der Waals surface area contributed by atoms with Crippen LogP contribution in [0, 0.1) is 0 Å². The first-order valence-electron chi connectivity index (χ1n) is 6.61. The lowest BCUT2D eigenvalue weighted by atomic mass is 10.0. The lowest BCUT2D eigenvalue weighted by Crippen LogP contribution is -2.40. The Balaban J connectivity index is 3.53. The Morgan fingerprint density at radius 1 is 1.06 bits per heavy atom. The number of hydrogen-bond acceptors (Lipinski definition) is 3. The van der Waals surface area contributed by atoms with E-state index < -0.39 is 0 Å². The van der Waals surface area contributed by atoms with Crippen molar-refractivity contribution in [2.75, 3.05) is 32.9 Å². The molecule has 0 bridgehead atoms. The molecule has 0 spiro atoms. The summed E-state index contributed by atoms with van der Waals surface area (Å²) in [5, 5.41) is 3.34. The third-order valence-electron chi connectivity index (χ3n) is 2.82. The first-order valence-corrected chi connectivity index (χ1v) is 6.61. The topological polar surface area (TPSA) is 30.5 Å². The highest BCUT2D eigenvalue weighted by molar-refractivity contribution is 4.75. The fraction of sp³-hybridized carbons (Fsp3) is 1.00. The molecule has 0 aromatic heterocycles. The van der Waals surface area contributed by atoms with Crippen LogP contribution in [0.5, 0.6) is 0 Å². The second kappa shape index (κ2) is 10.1. The van der Waals surface area contributed by atoms with Crippen molar-refractivity contribution >= 4 is 0 Å². The maximum Gasteiger partial charge on any atom is 0.0776 e. The molecule has 16 heavy (non-hydrogen) atoms. The molecular weight excluding hydrogens is 202 g/mol. The second-order valence-corrected chi connectivity index (χ2v) is 4.40. The van der Waals surface area contributed by atoms with Crippen LogP contribution in [0.1, 0.15) is 47.0 Å². The van der Waals surface area contributed by atoms with E-state index >= 15 is 0 Å². The van der Waals surface area contributed by atoms with E-state index in [9.17, 15) is 0 Å². The monoisotopic (exact) mass is 231 g/mol. The molecule has 0 aromatic carbocycles. The molecule has 3 nitrogen and oxygen atoms in total. The van der Waals surface area contributed by atoms with E-state index in [0.29, 0.717) is 13.2 Å². The molecule has 0 aromatic rings. The molecule has 0 radical (unpaired) electrons. The summed E-state index contributed by atoms with van der Waals surface area (Å²) in [4.78, 5) is 0. The third-order valence-corrected chi connectivity index (χ3v) is 2.82. The van der Waals surface area contributed by atoms with Crippen LogP contribution in [0.25, 0.3) is 0 Å². The molecule has 1 unspecified atom stereocenters. The predicted molar refractivity (Wildman–Crippen MR) is 68.9 cm³/mol. The Morgan fingerprint density at radius 3 is 2.38 bits per heavy atom. The Labute approximate surface area is 101 Å². The van der Waals surface area contributed by atoms with Crippen LogP contribution in [-0.2, 0) is 9.47 Å². The quantitative estimate of drug-likeness (QED) is 0.554. The van der Waals surface area contributed by atoms with Crippen LogP contribution in [-0.4, -0.2) is 38.5 Å². The second-order valence-electron chi connectivity index (χ2n) is 4.40. The van der Waals surface area contributed by atoms with Gasteiger partial charge >= 0.3 is 0 Å². The maximum absolute atomic E-state index is 5.87. The van der Waals surface area contributed by atoms with Gasteiger partial charge in [0.05, 0.1) is 18.8 Å². The summed E-state index contributed by atoms with van der Waals surface area (Å²) < 4.78 is 11.3. The van der Waals surface area contributed by atoms with Gasteiger partial charge in [-0.25, -0.2) is 0 Å². The summed E-state index contributed by atoms with van der Waals surface area (Å²) >= 11 is 0. The summed E-state index contributed by atoms with van der Waals surface area (Å²) in [7, 11) is 0. The highest BCUT2D eigenvalue weighted by Crippen LogP contribution is 2.13. The third kappa shape index (κ3) is 8.08. The summed E-state index contributed by atoms with van der Waals surface area (Å²) in [6.07, 6.45) is 3.35. The van der Waals surface area contributed by atoms with Gasteiger partial charge in [-0.15, -0.1) is 0 Å². The molecule has 0 fully saturated rings. The Bertz CT molecular complexity index is 153. The normalized spacial score (nSPS) is 15.0. The smallest absolute Gasteiger partial charge is 0.0776 e. The number of ether oxygens (including phenoxy) is 2. The van der Waals surface area contributed by atoms with Crippen LogP contribution in [0.4, 0.5) is 0 Å². The average molecular weight is 231 g/mol. The molecule has 1 N–H and O–H groups in total. The minimum Gasteiger partial charge on any atom is -0.379 e. The number of rotatable bonds is 11. The fourth-order valence-corrected chi connectivity index (χ4v) is 1.36. The van der Waals surface area contributed by atoms with E-state index in [1.54, 1.807) is 0 Å². The zero-order chi connectivity index (χ0) is 12.3. The molecule has 0 heterocycles. The van der Waals surface area contributed by atoms with Crippen LogP contribution >= 0.6 is 0 Å². The standard InChI is InChI=1S/C13H29NO2/c1-5-8-9-15-10-11-16-13(4,6-2)12-14-7-3/h14H,5-12H2,1-4H3. The minimum atomic E-state index is -0.0515. The number of hydrogen-bond donors (Lipinski definition) is 1. The van der Waals surface area contributed by atoms with Crippen molar-refractivity contribution < 1.29 is 9.47 Å². The Morgan fingerprint density at radius 2 is 1.81 bits per heavy atom. The van der Waals surface area contributed by atoms with E-state index in [4.69, 9.17) is 9.47 Å². The van der Waals surface area contributed by atoms with Gasteiger partial charge in [-0.05, 0) is 26.3 Å². The van der Waals surface area contributed by atoms with Crippen molar-refractivity contribution in [1.29, 1.82) is 0 Å². The molecule has 0 aliphatic heterocycles. The predicted octanol–water partition coefficient (Wildman–Crippen LogP) is 2.60. The van der Waals surface area contributed by atoms with E-state index in [2.05, 4.69) is 33.0 Å². The first-order chi connectivity index (χ1) is 7.68. The average Bonchev–Trinajstić information content (AvgIpc) is 2.31. The van der Waals surface area contributed by atoms with Crippen LogP contribution in [0.3, 0.4) is 0 Å². The molecule has 0 rings (SSSR count). The SMILES string of the molecule is CCCCOCCOC(C)(CC)CNCC. The van der Waals surface area contributed by atoms with Gasteiger partial charge in [0.15, 0.2) is 0 Å². The van der Waals surface area contributed by atoms with E-state index in [1.807, 2.05) is 0 Å². The number of likely N-dealkylation sites (N-methyl/N-ethyl adjacent to an activating group) is 1. The van der Waals surface area contributed by atoms with Crippen LogP contribution < -0.4 is 5.32 Å². The van der Waals surface area contributed by atoms with Crippen LogP contribution in [0.2, 0.25) is 0 Å². The maximum atomic E-state index is 5.87. The van der Waals surface area contributed by atoms with Crippen molar-refractivity contribution in [3.05, 3.63) is 0 Å². The zero-order valence-electron chi connectivity index (χ0n) is 11.5. The summed E-state index contributed by atoms with van der Waals surface area (Å²) in [5.74, 6) is 0. The Kier molecular flexibility index (Phi) is 9.99. The van der Waals surface area contributed by atoms with Gasteiger partial charge in [0.1, 0.15) is 0 Å². The molecule has 0 aliphatic rings. The minimum absolute atomic E-state index is 0.0515. The number of nitrogens with one attached hydrogen (secondary N) is 1. The summed E-state index contributed by atoms with van der Waals surface area (Å²) in [5.41, 5.74) is -0.0515. The van der Waals surface area contributed by atoms with Gasteiger partial charge in [-0.1, -0.05) is 27.2 Å². The van der Waals surface area contributed by atoms with Gasteiger partial charge in [-0.3, -0.25) is 0 Å². The van der Waals surface area contributed by atoms with Crippen molar-refractivity contribution in [3.8, 4) is 0 Å². The lowest BCUT2D eigenvalue weighted by molar-refractivity contribution is -0.0575. The molecule has 98 valence electrons. The van der Waals surface area contributed by atoms with Crippen molar-refractivity contribution in [3.63, 3.8) is 0 Å². The molecule has 3 heteroatoms. The fourth-order valence-electron chi connectivity index (χ4n) is 1.36. The van der Waals surface area contributed by atoms with Gasteiger partial charge in [0.2, 0.25) is 0 Å². The first kappa shape index (κ1) is 15.9. The highest BCUT2D eigenvalue weighted by Gasteiger charge is 2.21. The number of unbranched alkanes of at least 4 members (excludes halogenated alkanes) is 1. The van der Waals surface area contributed by atoms with Crippen LogP contribution in [0.15, 0.2) is 0 Å². The van der Waals surface area contributed by atoms with Crippen molar-refractivity contribution in [1.82, 2.24) is 5.32 Å². The lowest BCUT2D eigenvalue weighted by Gasteiger charge is -2.29. The molecule has 1 atom stereocenters. The summed E-state index contributed by atoms with van der Waals surface area (Å²) in [6, 6.07) is 0. The molecular formula is C13H29NO2. The molecule has 0 aliphatic carbocycles. The molecule has 0 saturated carbocycles. The zero-order valence-corrected chi connectivity index (χ0v) is 11.5. The highest BCUT2D eigenvalue weighted by atomic mass is 16.5. The van der Waals surface area contributed by atoms with Gasteiger partial charge < -0.3 is 14.8 Å².